The third-order valence-corrected chi connectivity index (χ3v) is 2.83. The predicted octanol–water partition coefficient (Wildman–Crippen LogP) is 1.29. The number of hydrogen-bond acceptors (Lipinski definition) is 4. The Hall–Kier alpha value is -1.68. The summed E-state index contributed by atoms with van der Waals surface area (Å²) in [6.07, 6.45) is 0. The van der Waals surface area contributed by atoms with E-state index in [1.54, 1.807) is 12.1 Å². The van der Waals surface area contributed by atoms with Crippen molar-refractivity contribution in [1.29, 1.82) is 0 Å². The lowest BCUT2D eigenvalue weighted by Crippen LogP contribution is -2.36. The lowest BCUT2D eigenvalue weighted by molar-refractivity contribution is -0.113. The highest BCUT2D eigenvalue weighted by Crippen LogP contribution is 2.16. The van der Waals surface area contributed by atoms with Gasteiger partial charge in [-0.2, -0.15) is 0 Å². The number of ether oxygens (including phenoxy) is 1. The lowest BCUT2D eigenvalue weighted by atomic mass is 10.1. The molecule has 0 aromatic heterocycles. The summed E-state index contributed by atoms with van der Waals surface area (Å²) in [6.45, 7) is 4.47. The van der Waals surface area contributed by atoms with Gasteiger partial charge in [-0.1, -0.05) is 0 Å². The molecule has 0 spiro atoms. The zero-order valence-electron chi connectivity index (χ0n) is 9.81. The molecule has 1 heterocycles. The highest BCUT2D eigenvalue weighted by molar-refractivity contribution is 6.42. The second-order valence-corrected chi connectivity index (χ2v) is 4.03. The van der Waals surface area contributed by atoms with Crippen molar-refractivity contribution in [2.45, 2.75) is 6.92 Å². The highest BCUT2D eigenvalue weighted by atomic mass is 16.5. The third-order valence-electron chi connectivity index (χ3n) is 2.83. The first kappa shape index (κ1) is 11.8. The Morgan fingerprint density at radius 3 is 2.24 bits per heavy atom. The number of anilines is 1. The second-order valence-electron chi connectivity index (χ2n) is 4.03. The fourth-order valence-corrected chi connectivity index (χ4v) is 1.85. The fourth-order valence-electron chi connectivity index (χ4n) is 1.85. The number of benzene rings is 1. The van der Waals surface area contributed by atoms with Gasteiger partial charge in [0.05, 0.1) is 13.2 Å². The van der Waals surface area contributed by atoms with Gasteiger partial charge in [-0.15, -0.1) is 0 Å². The van der Waals surface area contributed by atoms with E-state index in [0.717, 1.165) is 32.0 Å². The number of nitrogens with zero attached hydrogens (tertiary/aromatic N) is 1. The first-order chi connectivity index (χ1) is 8.18. The summed E-state index contributed by atoms with van der Waals surface area (Å²) in [6, 6.07) is 7.16. The van der Waals surface area contributed by atoms with E-state index in [4.69, 9.17) is 4.74 Å². The largest absolute Gasteiger partial charge is 0.378 e. The van der Waals surface area contributed by atoms with Gasteiger partial charge in [-0.05, 0) is 24.3 Å². The van der Waals surface area contributed by atoms with E-state index in [9.17, 15) is 9.59 Å². The number of carbonyl (C=O) groups excluding carboxylic acids is 2. The first-order valence-corrected chi connectivity index (χ1v) is 5.66. The van der Waals surface area contributed by atoms with Gasteiger partial charge in [0.1, 0.15) is 0 Å². The van der Waals surface area contributed by atoms with Gasteiger partial charge in [-0.25, -0.2) is 0 Å². The molecule has 1 aliphatic heterocycles. The summed E-state index contributed by atoms with van der Waals surface area (Å²) < 4.78 is 5.27. The van der Waals surface area contributed by atoms with Crippen molar-refractivity contribution in [2.24, 2.45) is 0 Å². The maximum atomic E-state index is 11.4. The van der Waals surface area contributed by atoms with Crippen LogP contribution in [0.5, 0.6) is 0 Å². The van der Waals surface area contributed by atoms with Crippen molar-refractivity contribution < 1.29 is 14.3 Å². The van der Waals surface area contributed by atoms with Gasteiger partial charge in [0, 0.05) is 31.3 Å². The molecular weight excluding hydrogens is 218 g/mol. The molecule has 90 valence electrons. The Labute approximate surface area is 100 Å². The average Bonchev–Trinajstić information content (AvgIpc) is 2.39. The van der Waals surface area contributed by atoms with Crippen molar-refractivity contribution in [3.8, 4) is 0 Å². The second kappa shape index (κ2) is 5.10. The van der Waals surface area contributed by atoms with Crippen LogP contribution in [-0.2, 0) is 9.53 Å². The van der Waals surface area contributed by atoms with Gasteiger partial charge < -0.3 is 9.64 Å². The fraction of sp³-hybridized carbons (Fsp3) is 0.385. The quantitative estimate of drug-likeness (QED) is 0.583. The molecule has 0 saturated carbocycles. The third kappa shape index (κ3) is 2.71. The summed E-state index contributed by atoms with van der Waals surface area (Å²) >= 11 is 0. The monoisotopic (exact) mass is 233 g/mol. The van der Waals surface area contributed by atoms with Crippen LogP contribution in [-0.4, -0.2) is 37.9 Å². The topological polar surface area (TPSA) is 46.6 Å². The molecule has 1 aromatic rings. The van der Waals surface area contributed by atoms with Gasteiger partial charge >= 0.3 is 0 Å². The summed E-state index contributed by atoms with van der Waals surface area (Å²) in [7, 11) is 0. The Kier molecular flexibility index (Phi) is 3.54. The van der Waals surface area contributed by atoms with Crippen LogP contribution in [0.25, 0.3) is 0 Å². The van der Waals surface area contributed by atoms with Crippen molar-refractivity contribution >= 4 is 17.3 Å². The van der Waals surface area contributed by atoms with Crippen LogP contribution < -0.4 is 4.90 Å². The zero-order chi connectivity index (χ0) is 12.3. The normalized spacial score (nSPS) is 15.7. The minimum atomic E-state index is -0.432. The molecule has 2 rings (SSSR count). The standard InChI is InChI=1S/C13H15NO3/c1-10(15)13(16)11-2-4-12(5-3-11)14-6-8-17-9-7-14/h2-5H,6-9H2,1H3. The van der Waals surface area contributed by atoms with E-state index >= 15 is 0 Å². The number of morpholine rings is 1. The minimum absolute atomic E-state index is 0.427. The van der Waals surface area contributed by atoms with Crippen LogP contribution in [0.2, 0.25) is 0 Å². The van der Waals surface area contributed by atoms with Gasteiger partial charge in [-0.3, -0.25) is 9.59 Å². The maximum absolute atomic E-state index is 11.4. The molecular formula is C13H15NO3. The molecule has 0 atom stereocenters. The molecule has 0 amide bonds. The Morgan fingerprint density at radius 2 is 1.71 bits per heavy atom. The van der Waals surface area contributed by atoms with Crippen LogP contribution in [0.3, 0.4) is 0 Å². The molecule has 17 heavy (non-hydrogen) atoms. The number of carbonyl (C=O) groups is 2. The average molecular weight is 233 g/mol. The number of Topliss-reactive ketones (excluding diaryl/α,β-unsaturated/α-hetero) is 2. The van der Waals surface area contributed by atoms with Gasteiger partial charge in [0.15, 0.2) is 5.78 Å². The van der Waals surface area contributed by atoms with E-state index < -0.39 is 11.6 Å². The number of ketones is 2. The molecule has 1 saturated heterocycles. The minimum Gasteiger partial charge on any atom is -0.378 e. The highest BCUT2D eigenvalue weighted by Gasteiger charge is 2.13. The molecule has 0 unspecified atom stereocenters. The van der Waals surface area contributed by atoms with E-state index in [1.165, 1.54) is 6.92 Å². The summed E-state index contributed by atoms with van der Waals surface area (Å²) in [5.74, 6) is -0.859. The van der Waals surface area contributed by atoms with Crippen LogP contribution in [0.15, 0.2) is 24.3 Å². The van der Waals surface area contributed by atoms with Gasteiger partial charge in [0.25, 0.3) is 0 Å². The molecule has 4 heteroatoms. The van der Waals surface area contributed by atoms with Crippen molar-refractivity contribution in [3.05, 3.63) is 29.8 Å². The van der Waals surface area contributed by atoms with Gasteiger partial charge in [0.2, 0.25) is 5.78 Å². The van der Waals surface area contributed by atoms with Crippen molar-refractivity contribution in [1.82, 2.24) is 0 Å². The van der Waals surface area contributed by atoms with Crippen molar-refractivity contribution in [3.63, 3.8) is 0 Å². The van der Waals surface area contributed by atoms with E-state index in [0.29, 0.717) is 5.56 Å². The van der Waals surface area contributed by atoms with Crippen molar-refractivity contribution in [2.75, 3.05) is 31.2 Å². The molecule has 0 radical (unpaired) electrons. The smallest absolute Gasteiger partial charge is 0.228 e. The molecule has 1 aromatic carbocycles. The summed E-state index contributed by atoms with van der Waals surface area (Å²) in [4.78, 5) is 24.6. The molecule has 4 nitrogen and oxygen atoms in total. The Balaban J connectivity index is 2.12. The lowest BCUT2D eigenvalue weighted by Gasteiger charge is -2.28. The maximum Gasteiger partial charge on any atom is 0.228 e. The summed E-state index contributed by atoms with van der Waals surface area (Å²) in [5, 5.41) is 0. The van der Waals surface area contributed by atoms with E-state index in [2.05, 4.69) is 4.90 Å². The molecule has 1 aliphatic rings. The van der Waals surface area contributed by atoms with Crippen LogP contribution in [0, 0.1) is 0 Å². The Bertz CT molecular complexity index is 419. The van der Waals surface area contributed by atoms with Crippen LogP contribution in [0.1, 0.15) is 17.3 Å². The Morgan fingerprint density at radius 1 is 1.12 bits per heavy atom. The molecule has 1 fully saturated rings. The zero-order valence-corrected chi connectivity index (χ0v) is 9.81. The molecule has 0 aliphatic carbocycles. The van der Waals surface area contributed by atoms with Crippen LogP contribution >= 0.6 is 0 Å². The number of hydrogen-bond donors (Lipinski definition) is 0. The summed E-state index contributed by atoms with van der Waals surface area (Å²) in [5.41, 5.74) is 1.52. The predicted molar refractivity (Wildman–Crippen MR) is 64.5 cm³/mol. The first-order valence-electron chi connectivity index (χ1n) is 5.66. The molecule has 0 bridgehead atoms. The van der Waals surface area contributed by atoms with E-state index in [-0.39, 0.29) is 0 Å². The SMILES string of the molecule is CC(=O)C(=O)c1ccc(N2CCOCC2)cc1. The molecule has 0 N–H and O–H groups in total. The van der Waals surface area contributed by atoms with Crippen LogP contribution in [0.4, 0.5) is 5.69 Å². The van der Waals surface area contributed by atoms with E-state index in [1.807, 2.05) is 12.1 Å². The number of rotatable bonds is 3.